The Bertz CT molecular complexity index is 825. The summed E-state index contributed by atoms with van der Waals surface area (Å²) in [5.41, 5.74) is 3.76. The van der Waals surface area contributed by atoms with Crippen LogP contribution in [0, 0.1) is 0 Å². The van der Waals surface area contributed by atoms with Gasteiger partial charge in [-0.3, -0.25) is 4.79 Å². The number of nitrogens with zero attached hydrogens (tertiary/aromatic N) is 2. The quantitative estimate of drug-likeness (QED) is 0.734. The molecule has 0 aliphatic heterocycles. The summed E-state index contributed by atoms with van der Waals surface area (Å²) < 4.78 is 0. The highest BCUT2D eigenvalue weighted by Crippen LogP contribution is 2.24. The van der Waals surface area contributed by atoms with E-state index in [4.69, 9.17) is 0 Å². The van der Waals surface area contributed by atoms with E-state index < -0.39 is 0 Å². The van der Waals surface area contributed by atoms with E-state index in [2.05, 4.69) is 34.3 Å². The number of hydrogen-bond acceptors (Lipinski definition) is 4. The molecule has 1 N–H and O–H groups in total. The number of rotatable bonds is 4. The molecule has 0 atom stereocenters. The van der Waals surface area contributed by atoms with Gasteiger partial charge in [-0.25, -0.2) is 9.97 Å². The van der Waals surface area contributed by atoms with E-state index >= 15 is 0 Å². The van der Waals surface area contributed by atoms with E-state index in [1.807, 2.05) is 30.3 Å². The molecular formula is C18H17N3O. The highest BCUT2D eigenvalue weighted by Gasteiger charge is 2.06. The van der Waals surface area contributed by atoms with Gasteiger partial charge < -0.3 is 5.32 Å². The van der Waals surface area contributed by atoms with Crippen LogP contribution in [0.25, 0.3) is 10.9 Å². The fourth-order valence-corrected chi connectivity index (χ4v) is 2.35. The van der Waals surface area contributed by atoms with Crippen LogP contribution >= 0.6 is 0 Å². The molecule has 1 heterocycles. The summed E-state index contributed by atoms with van der Waals surface area (Å²) in [6.07, 6.45) is 2.53. The molecule has 110 valence electrons. The molecule has 0 unspecified atom stereocenters. The van der Waals surface area contributed by atoms with Gasteiger partial charge in [-0.15, -0.1) is 0 Å². The number of Topliss-reactive ketones (excluding diaryl/α,β-unsaturated/α-hetero) is 1. The first kappa shape index (κ1) is 14.2. The number of anilines is 2. The van der Waals surface area contributed by atoms with Gasteiger partial charge >= 0.3 is 0 Å². The summed E-state index contributed by atoms with van der Waals surface area (Å²) in [4.78, 5) is 20.0. The number of carbonyl (C=O) groups is 1. The molecule has 1 aromatic heterocycles. The lowest BCUT2D eigenvalue weighted by Gasteiger charge is -2.09. The smallest absolute Gasteiger partial charge is 0.159 e. The minimum atomic E-state index is 0.0617. The van der Waals surface area contributed by atoms with Gasteiger partial charge in [0.05, 0.1) is 5.52 Å². The van der Waals surface area contributed by atoms with Gasteiger partial charge in [-0.1, -0.05) is 13.0 Å². The van der Waals surface area contributed by atoms with Crippen molar-refractivity contribution in [2.75, 3.05) is 5.32 Å². The third kappa shape index (κ3) is 2.81. The van der Waals surface area contributed by atoms with E-state index in [-0.39, 0.29) is 5.78 Å². The molecule has 0 fully saturated rings. The molecular weight excluding hydrogens is 274 g/mol. The van der Waals surface area contributed by atoms with E-state index in [1.54, 1.807) is 13.3 Å². The number of aryl methyl sites for hydroxylation is 1. The number of nitrogens with one attached hydrogen (secondary N) is 1. The van der Waals surface area contributed by atoms with E-state index in [1.165, 1.54) is 5.56 Å². The number of benzene rings is 2. The predicted octanol–water partition coefficient (Wildman–Crippen LogP) is 4.14. The molecule has 4 nitrogen and oxygen atoms in total. The highest BCUT2D eigenvalue weighted by molar-refractivity contribution is 5.95. The Balaban J connectivity index is 1.97. The van der Waals surface area contributed by atoms with Gasteiger partial charge in [0.2, 0.25) is 0 Å². The Labute approximate surface area is 129 Å². The van der Waals surface area contributed by atoms with Crippen molar-refractivity contribution < 1.29 is 4.79 Å². The summed E-state index contributed by atoms with van der Waals surface area (Å²) >= 11 is 0. The van der Waals surface area contributed by atoms with Crippen molar-refractivity contribution >= 4 is 28.2 Å². The molecule has 0 saturated carbocycles. The second-order valence-electron chi connectivity index (χ2n) is 5.19. The van der Waals surface area contributed by atoms with Crippen LogP contribution in [-0.4, -0.2) is 15.8 Å². The first-order valence-electron chi connectivity index (χ1n) is 7.29. The van der Waals surface area contributed by atoms with Gasteiger partial charge in [0.1, 0.15) is 12.1 Å². The number of ketones is 1. The van der Waals surface area contributed by atoms with Crippen molar-refractivity contribution in [3.8, 4) is 0 Å². The molecule has 3 aromatic rings. The van der Waals surface area contributed by atoms with Gasteiger partial charge in [-0.05, 0) is 55.3 Å². The van der Waals surface area contributed by atoms with Crippen LogP contribution in [0.4, 0.5) is 11.5 Å². The van der Waals surface area contributed by atoms with Crippen LogP contribution in [0.5, 0.6) is 0 Å². The number of carbonyl (C=O) groups excluding carboxylic acids is 1. The van der Waals surface area contributed by atoms with Gasteiger partial charge in [0.15, 0.2) is 5.78 Å². The summed E-state index contributed by atoms with van der Waals surface area (Å²) in [7, 11) is 0. The Morgan fingerprint density at radius 2 is 1.86 bits per heavy atom. The Morgan fingerprint density at radius 1 is 1.09 bits per heavy atom. The third-order valence-corrected chi connectivity index (χ3v) is 3.66. The van der Waals surface area contributed by atoms with Gasteiger partial charge in [0.25, 0.3) is 0 Å². The monoisotopic (exact) mass is 291 g/mol. The topological polar surface area (TPSA) is 54.9 Å². The van der Waals surface area contributed by atoms with Crippen molar-refractivity contribution in [1.82, 2.24) is 9.97 Å². The Hall–Kier alpha value is -2.75. The second-order valence-corrected chi connectivity index (χ2v) is 5.19. The molecule has 0 radical (unpaired) electrons. The van der Waals surface area contributed by atoms with Crippen LogP contribution in [0.1, 0.15) is 29.8 Å². The minimum Gasteiger partial charge on any atom is -0.340 e. The fourth-order valence-electron chi connectivity index (χ4n) is 2.35. The van der Waals surface area contributed by atoms with Crippen LogP contribution in [0.3, 0.4) is 0 Å². The van der Waals surface area contributed by atoms with E-state index in [0.29, 0.717) is 5.56 Å². The normalized spacial score (nSPS) is 10.6. The highest BCUT2D eigenvalue weighted by atomic mass is 16.1. The SMILES string of the molecule is CCc1ccc2ncnc(Nc3ccc(C(C)=O)cc3)c2c1. The van der Waals surface area contributed by atoms with E-state index in [9.17, 15) is 4.79 Å². The van der Waals surface area contributed by atoms with Gasteiger partial charge in [-0.2, -0.15) is 0 Å². The maximum Gasteiger partial charge on any atom is 0.159 e. The standard InChI is InChI=1S/C18H17N3O/c1-3-13-4-9-17-16(10-13)18(20-11-19-17)21-15-7-5-14(6-8-15)12(2)22/h4-11H,3H2,1-2H3,(H,19,20,21). The molecule has 0 aliphatic carbocycles. The van der Waals surface area contributed by atoms with Crippen LogP contribution in [0.2, 0.25) is 0 Å². The number of aromatic nitrogens is 2. The molecule has 4 heteroatoms. The molecule has 0 saturated heterocycles. The van der Waals surface area contributed by atoms with Crippen molar-refractivity contribution in [3.05, 3.63) is 59.9 Å². The van der Waals surface area contributed by atoms with Crippen LogP contribution in [0.15, 0.2) is 48.8 Å². The molecule has 3 rings (SSSR count). The fraction of sp³-hybridized carbons (Fsp3) is 0.167. The van der Waals surface area contributed by atoms with Crippen molar-refractivity contribution in [3.63, 3.8) is 0 Å². The lowest BCUT2D eigenvalue weighted by atomic mass is 10.1. The zero-order valence-electron chi connectivity index (χ0n) is 12.6. The Kier molecular flexibility index (Phi) is 3.83. The Morgan fingerprint density at radius 3 is 2.55 bits per heavy atom. The third-order valence-electron chi connectivity index (χ3n) is 3.66. The average molecular weight is 291 g/mol. The minimum absolute atomic E-state index is 0.0617. The first-order chi connectivity index (χ1) is 10.7. The predicted molar refractivity (Wildman–Crippen MR) is 88.6 cm³/mol. The first-order valence-corrected chi connectivity index (χ1v) is 7.29. The molecule has 0 spiro atoms. The van der Waals surface area contributed by atoms with Crippen molar-refractivity contribution in [1.29, 1.82) is 0 Å². The second kappa shape index (κ2) is 5.93. The summed E-state index contributed by atoms with van der Waals surface area (Å²) in [5, 5.41) is 4.30. The lowest BCUT2D eigenvalue weighted by molar-refractivity contribution is 0.101. The zero-order valence-corrected chi connectivity index (χ0v) is 12.6. The largest absolute Gasteiger partial charge is 0.340 e. The summed E-state index contributed by atoms with van der Waals surface area (Å²) in [6, 6.07) is 13.6. The summed E-state index contributed by atoms with van der Waals surface area (Å²) in [5.74, 6) is 0.836. The molecule has 22 heavy (non-hydrogen) atoms. The lowest BCUT2D eigenvalue weighted by Crippen LogP contribution is -1.98. The van der Waals surface area contributed by atoms with Crippen LogP contribution in [-0.2, 0) is 6.42 Å². The maximum absolute atomic E-state index is 11.3. The molecule has 0 bridgehead atoms. The maximum atomic E-state index is 11.3. The molecule has 0 aliphatic rings. The zero-order chi connectivity index (χ0) is 15.5. The summed E-state index contributed by atoms with van der Waals surface area (Å²) in [6.45, 7) is 3.69. The number of fused-ring (bicyclic) bond motifs is 1. The van der Waals surface area contributed by atoms with Crippen LogP contribution < -0.4 is 5.32 Å². The average Bonchev–Trinajstić information content (AvgIpc) is 2.55. The van der Waals surface area contributed by atoms with Gasteiger partial charge in [0, 0.05) is 16.6 Å². The van der Waals surface area contributed by atoms with Crippen molar-refractivity contribution in [2.24, 2.45) is 0 Å². The van der Waals surface area contributed by atoms with E-state index in [0.717, 1.165) is 28.8 Å². The molecule has 2 aromatic carbocycles. The number of hydrogen-bond donors (Lipinski definition) is 1. The van der Waals surface area contributed by atoms with Crippen molar-refractivity contribution in [2.45, 2.75) is 20.3 Å². The molecule has 0 amide bonds.